The highest BCUT2D eigenvalue weighted by atomic mass is 16.5. The molecule has 1 amide bonds. The van der Waals surface area contributed by atoms with E-state index in [1.165, 1.54) is 0 Å². The Morgan fingerprint density at radius 3 is 2.75 bits per heavy atom. The van der Waals surface area contributed by atoms with Gasteiger partial charge in [0, 0.05) is 39.2 Å². The molecular weight excluding hydrogens is 356 g/mol. The topological polar surface area (TPSA) is 75.2 Å². The molecule has 7 nitrogen and oxygen atoms in total. The van der Waals surface area contributed by atoms with Gasteiger partial charge in [0.2, 0.25) is 5.91 Å². The van der Waals surface area contributed by atoms with Crippen LogP contribution < -0.4 is 10.6 Å². The van der Waals surface area contributed by atoms with Crippen molar-refractivity contribution in [2.24, 2.45) is 4.99 Å². The number of hydrogen-bond donors (Lipinski definition) is 2. The number of benzene rings is 1. The van der Waals surface area contributed by atoms with Crippen molar-refractivity contribution in [2.45, 2.75) is 44.9 Å². The molecule has 2 heterocycles. The number of carbonyl (C=O) groups excluding carboxylic acids is 1. The first-order valence-corrected chi connectivity index (χ1v) is 10.3. The van der Waals surface area contributed by atoms with Crippen LogP contribution in [0.5, 0.6) is 0 Å². The van der Waals surface area contributed by atoms with Crippen LogP contribution in [0.25, 0.3) is 0 Å². The maximum absolute atomic E-state index is 12.1. The molecule has 2 unspecified atom stereocenters. The Bertz CT molecular complexity index is 632. The molecule has 1 aromatic carbocycles. The van der Waals surface area contributed by atoms with E-state index in [2.05, 4.69) is 27.4 Å². The summed E-state index contributed by atoms with van der Waals surface area (Å²) in [6.45, 7) is 6.94. The maximum atomic E-state index is 12.1. The van der Waals surface area contributed by atoms with Crippen LogP contribution in [-0.4, -0.2) is 68.4 Å². The lowest BCUT2D eigenvalue weighted by Crippen LogP contribution is -2.53. The third-order valence-corrected chi connectivity index (χ3v) is 5.04. The molecule has 2 atom stereocenters. The number of ether oxygens (including phenoxy) is 2. The Morgan fingerprint density at radius 2 is 2.00 bits per heavy atom. The number of nitrogens with zero attached hydrogens (tertiary/aromatic N) is 2. The Balaban J connectivity index is 1.47. The normalized spacial score (nSPS) is 22.9. The summed E-state index contributed by atoms with van der Waals surface area (Å²) in [4.78, 5) is 19.0. The Kier molecular flexibility index (Phi) is 8.11. The van der Waals surface area contributed by atoms with Gasteiger partial charge in [-0.15, -0.1) is 0 Å². The minimum atomic E-state index is 0.0164. The number of hydrogen-bond acceptors (Lipinski definition) is 4. The highest BCUT2D eigenvalue weighted by Gasteiger charge is 2.32. The second-order valence-electron chi connectivity index (χ2n) is 7.15. The standard InChI is InChI=1S/C21H32N4O3/c1-2-22-21(25-12-14-28-19(16-25)18-9-6-13-27-18)23-11-10-20(26)24-15-17-7-4-3-5-8-17/h3-5,7-8,18-19H,2,6,9-16H2,1H3,(H,22,23)(H,24,26). The van der Waals surface area contributed by atoms with E-state index in [4.69, 9.17) is 9.47 Å². The van der Waals surface area contributed by atoms with Crippen molar-refractivity contribution in [3.05, 3.63) is 35.9 Å². The fraction of sp³-hybridized carbons (Fsp3) is 0.619. The molecule has 7 heteroatoms. The molecule has 2 saturated heterocycles. The maximum Gasteiger partial charge on any atom is 0.222 e. The van der Waals surface area contributed by atoms with Crippen LogP contribution in [-0.2, 0) is 20.8 Å². The molecule has 0 saturated carbocycles. The van der Waals surface area contributed by atoms with E-state index in [1.54, 1.807) is 0 Å². The average molecular weight is 389 g/mol. The van der Waals surface area contributed by atoms with E-state index in [1.807, 2.05) is 30.3 Å². The molecule has 0 aromatic heterocycles. The molecule has 2 fully saturated rings. The summed E-state index contributed by atoms with van der Waals surface area (Å²) in [5.74, 6) is 0.868. The monoisotopic (exact) mass is 388 g/mol. The zero-order valence-electron chi connectivity index (χ0n) is 16.7. The van der Waals surface area contributed by atoms with Crippen LogP contribution in [0, 0.1) is 0 Å². The minimum Gasteiger partial charge on any atom is -0.375 e. The van der Waals surface area contributed by atoms with Gasteiger partial charge in [-0.25, -0.2) is 0 Å². The molecule has 3 rings (SSSR count). The summed E-state index contributed by atoms with van der Waals surface area (Å²) in [5.41, 5.74) is 1.10. The van der Waals surface area contributed by atoms with E-state index < -0.39 is 0 Å². The number of guanidine groups is 1. The highest BCUT2D eigenvalue weighted by molar-refractivity contribution is 5.81. The van der Waals surface area contributed by atoms with Crippen LogP contribution >= 0.6 is 0 Å². The van der Waals surface area contributed by atoms with E-state index in [0.29, 0.717) is 26.1 Å². The first-order valence-electron chi connectivity index (χ1n) is 10.3. The molecule has 2 aliphatic heterocycles. The van der Waals surface area contributed by atoms with Gasteiger partial charge >= 0.3 is 0 Å². The molecular formula is C21H32N4O3. The van der Waals surface area contributed by atoms with Gasteiger partial charge in [-0.05, 0) is 25.3 Å². The molecule has 1 aromatic rings. The molecule has 0 aliphatic carbocycles. The summed E-state index contributed by atoms with van der Waals surface area (Å²) in [6.07, 6.45) is 2.83. The zero-order valence-corrected chi connectivity index (χ0v) is 16.7. The zero-order chi connectivity index (χ0) is 19.6. The molecule has 154 valence electrons. The van der Waals surface area contributed by atoms with Crippen LogP contribution in [0.3, 0.4) is 0 Å². The minimum absolute atomic E-state index is 0.0164. The van der Waals surface area contributed by atoms with Crippen molar-refractivity contribution in [1.82, 2.24) is 15.5 Å². The summed E-state index contributed by atoms with van der Waals surface area (Å²) in [6, 6.07) is 9.92. The van der Waals surface area contributed by atoms with E-state index >= 15 is 0 Å². The SMILES string of the molecule is CCNC(=NCCC(=O)NCc1ccccc1)N1CCOC(C2CCCO2)C1. The van der Waals surface area contributed by atoms with E-state index in [-0.39, 0.29) is 18.1 Å². The molecule has 2 aliphatic rings. The Morgan fingerprint density at radius 1 is 1.18 bits per heavy atom. The largest absolute Gasteiger partial charge is 0.375 e. The molecule has 0 bridgehead atoms. The molecule has 28 heavy (non-hydrogen) atoms. The molecule has 0 spiro atoms. The van der Waals surface area contributed by atoms with Crippen molar-refractivity contribution in [3.8, 4) is 0 Å². The number of nitrogens with one attached hydrogen (secondary N) is 2. The van der Waals surface area contributed by atoms with Crippen molar-refractivity contribution in [1.29, 1.82) is 0 Å². The quantitative estimate of drug-likeness (QED) is 0.547. The first-order chi connectivity index (χ1) is 13.8. The van der Waals surface area contributed by atoms with E-state index in [9.17, 15) is 4.79 Å². The van der Waals surface area contributed by atoms with Crippen molar-refractivity contribution >= 4 is 11.9 Å². The van der Waals surface area contributed by atoms with Gasteiger partial charge in [-0.1, -0.05) is 30.3 Å². The number of amides is 1. The summed E-state index contributed by atoms with van der Waals surface area (Å²) < 4.78 is 11.7. The van der Waals surface area contributed by atoms with Gasteiger partial charge in [-0.2, -0.15) is 0 Å². The van der Waals surface area contributed by atoms with Crippen LogP contribution in [0.1, 0.15) is 31.7 Å². The smallest absolute Gasteiger partial charge is 0.222 e. The lowest BCUT2D eigenvalue weighted by atomic mass is 10.1. The Hall–Kier alpha value is -2.12. The van der Waals surface area contributed by atoms with Gasteiger partial charge in [0.15, 0.2) is 5.96 Å². The summed E-state index contributed by atoms with van der Waals surface area (Å²) >= 11 is 0. The number of aliphatic imine (C=N–C) groups is 1. The lowest BCUT2D eigenvalue weighted by molar-refractivity contribution is -0.121. The van der Waals surface area contributed by atoms with Crippen LogP contribution in [0.15, 0.2) is 35.3 Å². The Labute approximate surface area is 167 Å². The number of morpholine rings is 1. The van der Waals surface area contributed by atoms with E-state index in [0.717, 1.165) is 50.6 Å². The first kappa shape index (κ1) is 20.6. The predicted octanol–water partition coefficient (Wildman–Crippen LogP) is 1.54. The second kappa shape index (κ2) is 11.0. The van der Waals surface area contributed by atoms with Gasteiger partial charge in [0.05, 0.1) is 19.3 Å². The van der Waals surface area contributed by atoms with Gasteiger partial charge in [-0.3, -0.25) is 9.79 Å². The molecule has 2 N–H and O–H groups in total. The average Bonchev–Trinajstić information content (AvgIpc) is 3.27. The predicted molar refractivity (Wildman–Crippen MR) is 109 cm³/mol. The third-order valence-electron chi connectivity index (χ3n) is 5.04. The second-order valence-corrected chi connectivity index (χ2v) is 7.15. The van der Waals surface area contributed by atoms with Crippen molar-refractivity contribution in [3.63, 3.8) is 0 Å². The van der Waals surface area contributed by atoms with Gasteiger partial charge < -0.3 is 25.0 Å². The highest BCUT2D eigenvalue weighted by Crippen LogP contribution is 2.21. The fourth-order valence-electron chi connectivity index (χ4n) is 3.56. The van der Waals surface area contributed by atoms with Gasteiger partial charge in [0.25, 0.3) is 0 Å². The summed E-state index contributed by atoms with van der Waals surface area (Å²) in [7, 11) is 0. The van der Waals surface area contributed by atoms with Crippen molar-refractivity contribution < 1.29 is 14.3 Å². The third kappa shape index (κ3) is 6.21. The summed E-state index contributed by atoms with van der Waals surface area (Å²) in [5, 5.41) is 6.29. The lowest BCUT2D eigenvalue weighted by Gasteiger charge is -2.37. The molecule has 0 radical (unpaired) electrons. The van der Waals surface area contributed by atoms with Crippen LogP contribution in [0.4, 0.5) is 0 Å². The number of rotatable bonds is 7. The van der Waals surface area contributed by atoms with Crippen molar-refractivity contribution in [2.75, 3.05) is 39.4 Å². The fourth-order valence-corrected chi connectivity index (χ4v) is 3.56. The van der Waals surface area contributed by atoms with Gasteiger partial charge in [0.1, 0.15) is 6.10 Å². The number of carbonyl (C=O) groups is 1. The van der Waals surface area contributed by atoms with Crippen LogP contribution in [0.2, 0.25) is 0 Å².